The Bertz CT molecular complexity index is 1430. The van der Waals surface area contributed by atoms with E-state index in [4.69, 9.17) is 4.74 Å². The molecule has 8 nitrogen and oxygen atoms in total. The molecule has 40 heavy (non-hydrogen) atoms. The van der Waals surface area contributed by atoms with E-state index in [9.17, 15) is 18.0 Å². The van der Waals surface area contributed by atoms with Gasteiger partial charge in [-0.2, -0.15) is 0 Å². The number of rotatable bonds is 12. The molecule has 214 valence electrons. The SMILES string of the molecule is CC[C@@H](C)NC(=O)[C@H](C)N(Cc1cccc(Br)c1)C(=O)CN(c1cc(C)ccc1OC)S(=O)(=O)c1ccccc1. The van der Waals surface area contributed by atoms with Crippen LogP contribution in [0.1, 0.15) is 38.3 Å². The summed E-state index contributed by atoms with van der Waals surface area (Å²) in [5, 5.41) is 2.93. The number of amides is 2. The van der Waals surface area contributed by atoms with E-state index in [-0.39, 0.29) is 29.1 Å². The molecule has 0 aliphatic carbocycles. The van der Waals surface area contributed by atoms with Crippen molar-refractivity contribution in [3.05, 3.63) is 88.4 Å². The normalized spacial score (nSPS) is 12.8. The molecule has 0 heterocycles. The summed E-state index contributed by atoms with van der Waals surface area (Å²) in [7, 11) is -2.73. The fourth-order valence-corrected chi connectivity index (χ4v) is 5.99. The van der Waals surface area contributed by atoms with Crippen molar-refractivity contribution in [3.8, 4) is 5.75 Å². The van der Waals surface area contributed by atoms with Gasteiger partial charge in [0.05, 0.1) is 17.7 Å². The number of carbonyl (C=O) groups excluding carboxylic acids is 2. The van der Waals surface area contributed by atoms with Gasteiger partial charge in [-0.05, 0) is 74.7 Å². The van der Waals surface area contributed by atoms with Crippen LogP contribution in [0.5, 0.6) is 5.75 Å². The number of benzene rings is 3. The van der Waals surface area contributed by atoms with Crippen molar-refractivity contribution in [1.82, 2.24) is 10.2 Å². The zero-order chi connectivity index (χ0) is 29.4. The van der Waals surface area contributed by atoms with Gasteiger partial charge >= 0.3 is 0 Å². The van der Waals surface area contributed by atoms with Crippen LogP contribution in [0.2, 0.25) is 0 Å². The minimum atomic E-state index is -4.18. The van der Waals surface area contributed by atoms with Gasteiger partial charge < -0.3 is 15.0 Å². The topological polar surface area (TPSA) is 96.0 Å². The molecule has 0 aliphatic rings. The number of nitrogens with zero attached hydrogens (tertiary/aromatic N) is 2. The second-order valence-electron chi connectivity index (χ2n) is 9.65. The van der Waals surface area contributed by atoms with Gasteiger partial charge in [0.1, 0.15) is 18.3 Å². The number of hydrogen-bond acceptors (Lipinski definition) is 5. The Kier molecular flexibility index (Phi) is 10.8. The lowest BCUT2D eigenvalue weighted by Gasteiger charge is -2.33. The summed E-state index contributed by atoms with van der Waals surface area (Å²) < 4.78 is 35.3. The molecule has 0 radical (unpaired) electrons. The first-order valence-electron chi connectivity index (χ1n) is 13.0. The van der Waals surface area contributed by atoms with Crippen LogP contribution >= 0.6 is 15.9 Å². The van der Waals surface area contributed by atoms with Gasteiger partial charge in [0.2, 0.25) is 11.8 Å². The zero-order valence-electron chi connectivity index (χ0n) is 23.4. The summed E-state index contributed by atoms with van der Waals surface area (Å²) in [5.74, 6) is -0.544. The van der Waals surface area contributed by atoms with E-state index in [2.05, 4.69) is 21.2 Å². The zero-order valence-corrected chi connectivity index (χ0v) is 25.8. The number of ether oxygens (including phenoxy) is 1. The minimum absolute atomic E-state index is 0.0347. The number of hydrogen-bond donors (Lipinski definition) is 1. The lowest BCUT2D eigenvalue weighted by molar-refractivity contribution is -0.139. The Labute approximate surface area is 245 Å². The molecular weight excluding hydrogens is 594 g/mol. The van der Waals surface area contributed by atoms with Crippen LogP contribution in [-0.2, 0) is 26.2 Å². The summed E-state index contributed by atoms with van der Waals surface area (Å²) >= 11 is 3.46. The van der Waals surface area contributed by atoms with Crippen LogP contribution in [0.4, 0.5) is 5.69 Å². The summed E-state index contributed by atoms with van der Waals surface area (Å²) in [6.45, 7) is 6.91. The summed E-state index contributed by atoms with van der Waals surface area (Å²) in [5.41, 5.74) is 1.82. The molecule has 3 aromatic carbocycles. The van der Waals surface area contributed by atoms with E-state index in [0.717, 1.165) is 26.3 Å². The highest BCUT2D eigenvalue weighted by Gasteiger charge is 2.34. The summed E-state index contributed by atoms with van der Waals surface area (Å²) in [6.07, 6.45) is 0.730. The number of sulfonamides is 1. The van der Waals surface area contributed by atoms with Crippen LogP contribution in [0, 0.1) is 6.92 Å². The predicted octanol–water partition coefficient (Wildman–Crippen LogP) is 5.29. The molecule has 3 rings (SSSR count). The van der Waals surface area contributed by atoms with Gasteiger partial charge in [0.15, 0.2) is 0 Å². The lowest BCUT2D eigenvalue weighted by Crippen LogP contribution is -2.52. The smallest absolute Gasteiger partial charge is 0.264 e. The number of aryl methyl sites for hydroxylation is 1. The first kappa shape index (κ1) is 31.2. The third-order valence-electron chi connectivity index (χ3n) is 6.62. The van der Waals surface area contributed by atoms with Crippen LogP contribution in [0.15, 0.2) is 82.2 Å². The molecule has 2 atom stereocenters. The van der Waals surface area contributed by atoms with E-state index in [1.54, 1.807) is 43.3 Å². The van der Waals surface area contributed by atoms with Crippen LogP contribution in [0.25, 0.3) is 0 Å². The largest absolute Gasteiger partial charge is 0.495 e. The Morgan fingerprint density at radius 2 is 1.70 bits per heavy atom. The van der Waals surface area contributed by atoms with Crippen molar-refractivity contribution >= 4 is 43.5 Å². The Balaban J connectivity index is 2.08. The van der Waals surface area contributed by atoms with Crippen LogP contribution < -0.4 is 14.4 Å². The Morgan fingerprint density at radius 3 is 2.33 bits per heavy atom. The van der Waals surface area contributed by atoms with Crippen LogP contribution in [-0.4, -0.2) is 50.9 Å². The fourth-order valence-electron chi connectivity index (χ4n) is 4.11. The highest BCUT2D eigenvalue weighted by molar-refractivity contribution is 9.10. The second-order valence-corrected chi connectivity index (χ2v) is 12.4. The van der Waals surface area contributed by atoms with Gasteiger partial charge in [0, 0.05) is 17.1 Å². The number of anilines is 1. The van der Waals surface area contributed by atoms with Gasteiger partial charge in [-0.3, -0.25) is 13.9 Å². The van der Waals surface area contributed by atoms with E-state index >= 15 is 0 Å². The maximum Gasteiger partial charge on any atom is 0.264 e. The molecule has 0 aromatic heterocycles. The third-order valence-corrected chi connectivity index (χ3v) is 8.89. The Hall–Kier alpha value is -3.37. The van der Waals surface area contributed by atoms with Gasteiger partial charge in [0.25, 0.3) is 10.0 Å². The summed E-state index contributed by atoms with van der Waals surface area (Å²) in [4.78, 5) is 28.7. The fraction of sp³-hybridized carbons (Fsp3) is 0.333. The summed E-state index contributed by atoms with van der Waals surface area (Å²) in [6, 6.07) is 19.6. The lowest BCUT2D eigenvalue weighted by atomic mass is 10.1. The molecule has 2 amide bonds. The highest BCUT2D eigenvalue weighted by Crippen LogP contribution is 2.33. The third kappa shape index (κ3) is 7.63. The number of halogens is 1. The Morgan fingerprint density at radius 1 is 1.00 bits per heavy atom. The molecular formula is C30H36BrN3O5S. The number of methoxy groups -OCH3 is 1. The van der Waals surface area contributed by atoms with E-state index in [1.807, 2.05) is 45.0 Å². The first-order chi connectivity index (χ1) is 19.0. The molecule has 0 saturated heterocycles. The predicted molar refractivity (Wildman–Crippen MR) is 161 cm³/mol. The molecule has 0 saturated carbocycles. The van der Waals surface area contributed by atoms with Gasteiger partial charge in [-0.15, -0.1) is 0 Å². The van der Waals surface area contributed by atoms with Gasteiger partial charge in [-0.1, -0.05) is 59.3 Å². The van der Waals surface area contributed by atoms with E-state index in [0.29, 0.717) is 5.75 Å². The van der Waals surface area contributed by atoms with Crippen molar-refractivity contribution in [3.63, 3.8) is 0 Å². The van der Waals surface area contributed by atoms with E-state index in [1.165, 1.54) is 24.1 Å². The van der Waals surface area contributed by atoms with E-state index < -0.39 is 28.5 Å². The number of carbonyl (C=O) groups is 2. The highest BCUT2D eigenvalue weighted by atomic mass is 79.9. The van der Waals surface area contributed by atoms with Crippen molar-refractivity contribution in [1.29, 1.82) is 0 Å². The molecule has 0 aliphatic heterocycles. The number of nitrogens with one attached hydrogen (secondary N) is 1. The maximum atomic E-state index is 14.1. The average molecular weight is 631 g/mol. The molecule has 1 N–H and O–H groups in total. The van der Waals surface area contributed by atoms with Crippen molar-refractivity contribution in [2.24, 2.45) is 0 Å². The van der Waals surface area contributed by atoms with Crippen molar-refractivity contribution in [2.75, 3.05) is 18.0 Å². The molecule has 10 heteroatoms. The van der Waals surface area contributed by atoms with Crippen molar-refractivity contribution < 1.29 is 22.7 Å². The van der Waals surface area contributed by atoms with Crippen LogP contribution in [0.3, 0.4) is 0 Å². The second kappa shape index (κ2) is 13.8. The first-order valence-corrected chi connectivity index (χ1v) is 15.3. The standard InChI is InChI=1S/C30H36BrN3O5S/c1-6-22(3)32-30(36)23(4)33(19-24-11-10-12-25(31)18-24)29(35)20-34(27-17-21(2)15-16-28(27)39-5)40(37,38)26-13-8-7-9-14-26/h7-18,22-23H,6,19-20H2,1-5H3,(H,32,36)/t22-,23+/m1/s1. The molecule has 3 aromatic rings. The molecule has 0 spiro atoms. The molecule has 0 bridgehead atoms. The van der Waals surface area contributed by atoms with Gasteiger partial charge in [-0.25, -0.2) is 8.42 Å². The monoisotopic (exact) mass is 629 g/mol. The van der Waals surface area contributed by atoms with Crippen molar-refractivity contribution in [2.45, 2.75) is 57.6 Å². The molecule has 0 fully saturated rings. The molecule has 0 unspecified atom stereocenters. The average Bonchev–Trinajstić information content (AvgIpc) is 2.94. The minimum Gasteiger partial charge on any atom is -0.495 e. The maximum absolute atomic E-state index is 14.1. The quantitative estimate of drug-likeness (QED) is 0.294.